The second-order valence-corrected chi connectivity index (χ2v) is 8.70. The highest BCUT2D eigenvalue weighted by molar-refractivity contribution is 6.08. The van der Waals surface area contributed by atoms with Crippen molar-refractivity contribution in [3.8, 4) is 5.75 Å². The summed E-state index contributed by atoms with van der Waals surface area (Å²) >= 11 is 0. The molecular weight excluding hydrogens is 486 g/mol. The smallest absolute Gasteiger partial charge is 0.360 e. The van der Waals surface area contributed by atoms with E-state index in [1.165, 1.54) is 7.05 Å². The van der Waals surface area contributed by atoms with E-state index in [9.17, 15) is 19.2 Å². The van der Waals surface area contributed by atoms with Crippen LogP contribution < -0.4 is 15.2 Å². The minimum Gasteiger partial charge on any atom is -0.464 e. The van der Waals surface area contributed by atoms with Crippen molar-refractivity contribution in [1.29, 1.82) is 0 Å². The number of esters is 2. The van der Waals surface area contributed by atoms with Gasteiger partial charge in [-0.1, -0.05) is 54.6 Å². The van der Waals surface area contributed by atoms with Gasteiger partial charge in [-0.3, -0.25) is 14.2 Å². The molecule has 0 aliphatic carbocycles. The molecule has 9 nitrogen and oxygen atoms in total. The van der Waals surface area contributed by atoms with E-state index in [-0.39, 0.29) is 11.5 Å². The van der Waals surface area contributed by atoms with Gasteiger partial charge in [0.15, 0.2) is 5.69 Å². The topological polar surface area (TPSA) is 108 Å². The fourth-order valence-electron chi connectivity index (χ4n) is 4.58. The van der Waals surface area contributed by atoms with Crippen LogP contribution in [0.3, 0.4) is 0 Å². The van der Waals surface area contributed by atoms with E-state index < -0.39 is 35.0 Å². The monoisotopic (exact) mass is 509 g/mol. The van der Waals surface area contributed by atoms with Crippen LogP contribution in [0.4, 0.5) is 5.69 Å². The molecule has 0 N–H and O–H groups in total. The molecule has 0 bridgehead atoms. The molecule has 2 heterocycles. The van der Waals surface area contributed by atoms with Crippen LogP contribution in [0.15, 0.2) is 90.0 Å². The van der Waals surface area contributed by atoms with Crippen molar-refractivity contribution in [2.24, 2.45) is 7.05 Å². The Hall–Kier alpha value is -5.05. The van der Waals surface area contributed by atoms with Gasteiger partial charge in [0.25, 0.3) is 11.5 Å². The molecule has 38 heavy (non-hydrogen) atoms. The molecule has 1 aromatic heterocycles. The number of ether oxygens (including phenoxy) is 2. The molecular formula is C29H23N3O6. The van der Waals surface area contributed by atoms with Gasteiger partial charge in [0.1, 0.15) is 0 Å². The van der Waals surface area contributed by atoms with Gasteiger partial charge >= 0.3 is 11.9 Å². The van der Waals surface area contributed by atoms with Crippen molar-refractivity contribution in [3.63, 3.8) is 0 Å². The number of carbonyl (C=O) groups is 3. The van der Waals surface area contributed by atoms with E-state index in [0.29, 0.717) is 17.5 Å². The van der Waals surface area contributed by atoms with Crippen LogP contribution in [0.1, 0.15) is 48.4 Å². The Bertz CT molecular complexity index is 1610. The van der Waals surface area contributed by atoms with Gasteiger partial charge in [0.2, 0.25) is 5.75 Å². The molecule has 9 heteroatoms. The lowest BCUT2D eigenvalue weighted by molar-refractivity contribution is 0.0583. The highest BCUT2D eigenvalue weighted by Gasteiger charge is 2.37. The highest BCUT2D eigenvalue weighted by Crippen LogP contribution is 2.42. The molecule has 0 fully saturated rings. The van der Waals surface area contributed by atoms with Crippen LogP contribution in [-0.2, 0) is 18.2 Å². The third kappa shape index (κ3) is 4.34. The number of methoxy groups -OCH3 is 1. The highest BCUT2D eigenvalue weighted by atomic mass is 16.5. The van der Waals surface area contributed by atoms with Crippen LogP contribution in [0.5, 0.6) is 5.75 Å². The first-order valence-corrected chi connectivity index (χ1v) is 11.8. The summed E-state index contributed by atoms with van der Waals surface area (Å²) in [5.41, 5.74) is 1.78. The predicted octanol–water partition coefficient (Wildman–Crippen LogP) is 3.73. The SMILES string of the molecule is COC(=O)c1ncn(C)c(=O)c1OC(=O)c1ccccc1C1Cc2ccccc2N1C(=O)c1ccccc1. The van der Waals surface area contributed by atoms with Gasteiger partial charge < -0.3 is 14.4 Å². The summed E-state index contributed by atoms with van der Waals surface area (Å²) in [7, 11) is 2.56. The van der Waals surface area contributed by atoms with Crippen LogP contribution in [0.25, 0.3) is 0 Å². The molecule has 1 atom stereocenters. The zero-order chi connectivity index (χ0) is 26.8. The van der Waals surface area contributed by atoms with Crippen molar-refractivity contribution in [1.82, 2.24) is 9.55 Å². The number of fused-ring (bicyclic) bond motifs is 1. The number of aryl methyl sites for hydroxylation is 1. The molecule has 1 aliphatic heterocycles. The quantitative estimate of drug-likeness (QED) is 0.377. The van der Waals surface area contributed by atoms with E-state index in [4.69, 9.17) is 9.47 Å². The lowest BCUT2D eigenvalue weighted by atomic mass is 9.96. The molecule has 3 aromatic carbocycles. The Morgan fingerprint density at radius 2 is 1.58 bits per heavy atom. The van der Waals surface area contributed by atoms with Crippen molar-refractivity contribution in [3.05, 3.63) is 123 Å². The third-order valence-corrected chi connectivity index (χ3v) is 6.42. The maximum absolute atomic E-state index is 13.7. The van der Waals surface area contributed by atoms with E-state index in [1.807, 2.05) is 30.3 Å². The molecule has 4 aromatic rings. The van der Waals surface area contributed by atoms with Crippen LogP contribution in [0, 0.1) is 0 Å². The Balaban J connectivity index is 1.57. The fraction of sp³-hybridized carbons (Fsp3) is 0.138. The molecule has 1 unspecified atom stereocenters. The molecule has 0 saturated carbocycles. The Morgan fingerprint density at radius 1 is 0.895 bits per heavy atom. The van der Waals surface area contributed by atoms with Crippen LogP contribution in [-0.4, -0.2) is 34.5 Å². The standard InChI is InChI=1S/C29H23N3O6/c1-31-17-30-24(29(36)37-2)25(27(31)34)38-28(35)21-14-8-7-13-20(21)23-16-19-12-6-9-15-22(19)32(23)26(33)18-10-4-3-5-11-18/h3-15,17,23H,16H2,1-2H3. The number of hydrogen-bond acceptors (Lipinski definition) is 7. The molecule has 0 saturated heterocycles. The molecule has 5 rings (SSSR count). The van der Waals surface area contributed by atoms with E-state index in [0.717, 1.165) is 29.3 Å². The zero-order valence-electron chi connectivity index (χ0n) is 20.7. The van der Waals surface area contributed by atoms with Crippen LogP contribution >= 0.6 is 0 Å². The molecule has 0 spiro atoms. The van der Waals surface area contributed by atoms with Crippen molar-refractivity contribution >= 4 is 23.5 Å². The van der Waals surface area contributed by atoms with Gasteiger partial charge in [-0.05, 0) is 41.8 Å². The summed E-state index contributed by atoms with van der Waals surface area (Å²) < 4.78 is 11.3. The van der Waals surface area contributed by atoms with E-state index in [2.05, 4.69) is 4.98 Å². The molecule has 0 radical (unpaired) electrons. The summed E-state index contributed by atoms with van der Waals surface area (Å²) in [5.74, 6) is -2.52. The third-order valence-electron chi connectivity index (χ3n) is 6.42. The van der Waals surface area contributed by atoms with E-state index in [1.54, 1.807) is 53.4 Å². The summed E-state index contributed by atoms with van der Waals surface area (Å²) in [4.78, 5) is 57.7. The molecule has 1 amide bonds. The van der Waals surface area contributed by atoms with Crippen molar-refractivity contribution < 1.29 is 23.9 Å². The normalized spacial score (nSPS) is 14.1. The second-order valence-electron chi connectivity index (χ2n) is 8.70. The lowest BCUT2D eigenvalue weighted by Crippen LogP contribution is -2.33. The van der Waals surface area contributed by atoms with Crippen LogP contribution in [0.2, 0.25) is 0 Å². The maximum atomic E-state index is 13.7. The average molecular weight is 510 g/mol. The first kappa shape index (κ1) is 24.6. The summed E-state index contributed by atoms with van der Waals surface area (Å²) in [6.07, 6.45) is 1.61. The van der Waals surface area contributed by atoms with Crippen molar-refractivity contribution in [2.45, 2.75) is 12.5 Å². The number of aromatic nitrogens is 2. The predicted molar refractivity (Wildman–Crippen MR) is 138 cm³/mol. The Labute approximate surface area is 217 Å². The first-order valence-electron chi connectivity index (χ1n) is 11.8. The van der Waals surface area contributed by atoms with Gasteiger partial charge in [-0.2, -0.15) is 0 Å². The first-order chi connectivity index (χ1) is 18.4. The fourth-order valence-corrected chi connectivity index (χ4v) is 4.58. The number of carbonyl (C=O) groups excluding carboxylic acids is 3. The number of anilines is 1. The molecule has 190 valence electrons. The number of amides is 1. The number of para-hydroxylation sites is 1. The minimum absolute atomic E-state index is 0.151. The number of benzene rings is 3. The maximum Gasteiger partial charge on any atom is 0.360 e. The Kier molecular flexibility index (Phi) is 6.57. The second kappa shape index (κ2) is 10.1. The number of hydrogen-bond donors (Lipinski definition) is 0. The summed E-state index contributed by atoms with van der Waals surface area (Å²) in [6.45, 7) is 0. The van der Waals surface area contributed by atoms with Crippen molar-refractivity contribution in [2.75, 3.05) is 12.0 Å². The summed E-state index contributed by atoms with van der Waals surface area (Å²) in [5, 5.41) is 0. The minimum atomic E-state index is -0.912. The van der Waals surface area contributed by atoms with Gasteiger partial charge in [0.05, 0.1) is 25.0 Å². The molecule has 1 aliphatic rings. The van der Waals surface area contributed by atoms with E-state index >= 15 is 0 Å². The number of rotatable bonds is 5. The number of nitrogens with zero attached hydrogens (tertiary/aromatic N) is 3. The summed E-state index contributed by atoms with van der Waals surface area (Å²) in [6, 6.07) is 22.7. The zero-order valence-corrected chi connectivity index (χ0v) is 20.7. The van der Waals surface area contributed by atoms with Gasteiger partial charge in [0, 0.05) is 18.3 Å². The largest absolute Gasteiger partial charge is 0.464 e. The van der Waals surface area contributed by atoms with Gasteiger partial charge in [-0.15, -0.1) is 0 Å². The average Bonchev–Trinajstić information content (AvgIpc) is 3.34. The lowest BCUT2D eigenvalue weighted by Gasteiger charge is -2.27. The van der Waals surface area contributed by atoms with Gasteiger partial charge in [-0.25, -0.2) is 14.6 Å². The Morgan fingerprint density at radius 3 is 2.34 bits per heavy atom.